The molecule has 6 heteroatoms. The number of aryl methyl sites for hydroxylation is 2. The van der Waals surface area contributed by atoms with Gasteiger partial charge in [-0.15, -0.1) is 11.3 Å². The minimum atomic E-state index is -0.0679. The van der Waals surface area contributed by atoms with E-state index in [2.05, 4.69) is 11.9 Å². The van der Waals surface area contributed by atoms with Gasteiger partial charge in [-0.3, -0.25) is 14.2 Å². The van der Waals surface area contributed by atoms with Crippen LogP contribution in [0.25, 0.3) is 10.2 Å². The number of hydrogen-bond acceptors (Lipinski definition) is 4. The summed E-state index contributed by atoms with van der Waals surface area (Å²) in [5.41, 5.74) is 1.10. The van der Waals surface area contributed by atoms with Crippen LogP contribution >= 0.6 is 11.3 Å². The second kappa shape index (κ2) is 6.20. The average molecular weight is 319 g/mol. The number of hydrogen-bond donors (Lipinski definition) is 0. The Hall–Kier alpha value is -1.69. The number of carbonyl (C=O) groups excluding carboxylic acids is 1. The summed E-state index contributed by atoms with van der Waals surface area (Å²) in [4.78, 5) is 33.1. The number of nitrogens with zero attached hydrogens (tertiary/aromatic N) is 3. The molecule has 5 nitrogen and oxygen atoms in total. The third-order valence-corrected chi connectivity index (χ3v) is 5.47. The Kier molecular flexibility index (Phi) is 4.29. The molecule has 0 atom stereocenters. The van der Waals surface area contributed by atoms with Crippen LogP contribution in [-0.4, -0.2) is 34.0 Å². The van der Waals surface area contributed by atoms with E-state index in [0.29, 0.717) is 0 Å². The van der Waals surface area contributed by atoms with Crippen LogP contribution in [0.1, 0.15) is 36.6 Å². The molecule has 0 fully saturated rings. The lowest BCUT2D eigenvalue weighted by Gasteiger charge is -2.17. The fourth-order valence-electron chi connectivity index (χ4n) is 2.92. The minimum Gasteiger partial charge on any atom is -0.344 e. The Balaban J connectivity index is 1.87. The van der Waals surface area contributed by atoms with E-state index in [1.54, 1.807) is 23.3 Å². The maximum Gasteiger partial charge on any atom is 0.262 e. The second-order valence-electron chi connectivity index (χ2n) is 5.88. The Morgan fingerprint density at radius 3 is 3.05 bits per heavy atom. The molecule has 0 saturated carbocycles. The molecule has 0 N–H and O–H groups in total. The highest BCUT2D eigenvalue weighted by atomic mass is 32.1. The van der Waals surface area contributed by atoms with Crippen LogP contribution < -0.4 is 5.56 Å². The second-order valence-corrected chi connectivity index (χ2v) is 6.97. The third kappa shape index (κ3) is 2.67. The van der Waals surface area contributed by atoms with Crippen molar-refractivity contribution in [3.8, 4) is 0 Å². The molecule has 2 heterocycles. The zero-order valence-electron chi connectivity index (χ0n) is 13.1. The van der Waals surface area contributed by atoms with Crippen molar-refractivity contribution in [3.63, 3.8) is 0 Å². The van der Waals surface area contributed by atoms with E-state index in [0.717, 1.165) is 48.9 Å². The van der Waals surface area contributed by atoms with E-state index < -0.39 is 0 Å². The van der Waals surface area contributed by atoms with Crippen LogP contribution in [0, 0.1) is 0 Å². The summed E-state index contributed by atoms with van der Waals surface area (Å²) < 4.78 is 1.46. The lowest BCUT2D eigenvalue weighted by Crippen LogP contribution is -2.34. The standard InChI is InChI=1S/C16H21N3O2S/c1-3-4-8-18(2)13(20)9-19-10-17-15-14(16(19)21)11-6-5-7-12(11)22-15/h10H,3-9H2,1-2H3. The monoisotopic (exact) mass is 319 g/mol. The maximum absolute atomic E-state index is 12.7. The molecule has 1 aliphatic rings. The smallest absolute Gasteiger partial charge is 0.262 e. The van der Waals surface area contributed by atoms with E-state index >= 15 is 0 Å². The molecular weight excluding hydrogens is 298 g/mol. The van der Waals surface area contributed by atoms with Gasteiger partial charge in [0.2, 0.25) is 5.91 Å². The Morgan fingerprint density at radius 2 is 2.27 bits per heavy atom. The topological polar surface area (TPSA) is 55.2 Å². The van der Waals surface area contributed by atoms with Gasteiger partial charge in [-0.1, -0.05) is 13.3 Å². The van der Waals surface area contributed by atoms with Gasteiger partial charge in [0.05, 0.1) is 11.7 Å². The number of carbonyl (C=O) groups is 1. The molecule has 0 aromatic carbocycles. The molecule has 0 spiro atoms. The van der Waals surface area contributed by atoms with Gasteiger partial charge in [0.15, 0.2) is 0 Å². The lowest BCUT2D eigenvalue weighted by atomic mass is 10.2. The Labute approximate surface area is 133 Å². The predicted molar refractivity (Wildman–Crippen MR) is 88.5 cm³/mol. The Bertz CT molecular complexity index is 763. The molecule has 118 valence electrons. The molecular formula is C16H21N3O2S. The zero-order chi connectivity index (χ0) is 15.7. The first-order valence-electron chi connectivity index (χ1n) is 7.85. The number of rotatable bonds is 5. The molecule has 0 unspecified atom stereocenters. The number of likely N-dealkylation sites (N-methyl/N-ethyl adjacent to an activating group) is 1. The average Bonchev–Trinajstić information content (AvgIpc) is 3.07. The molecule has 0 aliphatic heterocycles. The molecule has 1 aliphatic carbocycles. The van der Waals surface area contributed by atoms with Crippen molar-refractivity contribution in [1.82, 2.24) is 14.5 Å². The molecule has 22 heavy (non-hydrogen) atoms. The van der Waals surface area contributed by atoms with Gasteiger partial charge >= 0.3 is 0 Å². The summed E-state index contributed by atoms with van der Waals surface area (Å²) in [7, 11) is 1.79. The van der Waals surface area contributed by atoms with E-state index in [-0.39, 0.29) is 18.0 Å². The summed E-state index contributed by atoms with van der Waals surface area (Å²) in [5.74, 6) is -0.0384. The maximum atomic E-state index is 12.7. The van der Waals surface area contributed by atoms with Crippen molar-refractivity contribution >= 4 is 27.5 Å². The highest BCUT2D eigenvalue weighted by molar-refractivity contribution is 7.18. The molecule has 0 saturated heterocycles. The first kappa shape index (κ1) is 15.2. The molecule has 2 aromatic rings. The van der Waals surface area contributed by atoms with Gasteiger partial charge in [-0.25, -0.2) is 4.98 Å². The van der Waals surface area contributed by atoms with Crippen molar-refractivity contribution < 1.29 is 4.79 Å². The van der Waals surface area contributed by atoms with Crippen LogP contribution in [0.4, 0.5) is 0 Å². The highest BCUT2D eigenvalue weighted by Crippen LogP contribution is 2.34. The number of unbranched alkanes of at least 4 members (excludes halogenated alkanes) is 1. The van der Waals surface area contributed by atoms with Crippen molar-refractivity contribution in [2.45, 2.75) is 45.6 Å². The van der Waals surface area contributed by atoms with Crippen LogP contribution in [0.5, 0.6) is 0 Å². The van der Waals surface area contributed by atoms with E-state index in [4.69, 9.17) is 0 Å². The number of thiophene rings is 1. The first-order valence-corrected chi connectivity index (χ1v) is 8.67. The van der Waals surface area contributed by atoms with E-state index in [1.807, 2.05) is 0 Å². The third-order valence-electron chi connectivity index (χ3n) is 4.27. The van der Waals surface area contributed by atoms with E-state index in [9.17, 15) is 9.59 Å². The van der Waals surface area contributed by atoms with Crippen LogP contribution in [0.15, 0.2) is 11.1 Å². The lowest BCUT2D eigenvalue weighted by molar-refractivity contribution is -0.130. The molecule has 3 rings (SSSR count). The van der Waals surface area contributed by atoms with Crippen molar-refractivity contribution in [2.24, 2.45) is 0 Å². The van der Waals surface area contributed by atoms with Crippen LogP contribution in [-0.2, 0) is 24.2 Å². The summed E-state index contributed by atoms with van der Waals surface area (Å²) in [5, 5.41) is 0.740. The minimum absolute atomic E-state index is 0.0384. The summed E-state index contributed by atoms with van der Waals surface area (Å²) in [6.45, 7) is 2.90. The van der Waals surface area contributed by atoms with Gasteiger partial charge in [0.1, 0.15) is 11.4 Å². The van der Waals surface area contributed by atoms with Crippen molar-refractivity contribution in [3.05, 3.63) is 27.1 Å². The molecule has 0 radical (unpaired) electrons. The van der Waals surface area contributed by atoms with Gasteiger partial charge in [0, 0.05) is 18.5 Å². The molecule has 1 amide bonds. The highest BCUT2D eigenvalue weighted by Gasteiger charge is 2.22. The summed E-state index contributed by atoms with van der Waals surface area (Å²) >= 11 is 1.63. The first-order chi connectivity index (χ1) is 10.6. The number of aromatic nitrogens is 2. The fourth-order valence-corrected chi connectivity index (χ4v) is 4.14. The number of fused-ring (bicyclic) bond motifs is 3. The van der Waals surface area contributed by atoms with Crippen LogP contribution in [0.2, 0.25) is 0 Å². The Morgan fingerprint density at radius 1 is 1.45 bits per heavy atom. The van der Waals surface area contributed by atoms with Gasteiger partial charge in [-0.2, -0.15) is 0 Å². The SMILES string of the molecule is CCCCN(C)C(=O)Cn1cnc2sc3c(c2c1=O)CCC3. The van der Waals surface area contributed by atoms with Crippen molar-refractivity contribution in [1.29, 1.82) is 0 Å². The van der Waals surface area contributed by atoms with Gasteiger partial charge in [-0.05, 0) is 31.2 Å². The quantitative estimate of drug-likeness (QED) is 0.849. The normalized spacial score (nSPS) is 13.5. The predicted octanol–water partition coefficient (Wildman–Crippen LogP) is 2.21. The summed E-state index contributed by atoms with van der Waals surface area (Å²) in [6, 6.07) is 0. The van der Waals surface area contributed by atoms with Gasteiger partial charge in [0.25, 0.3) is 5.56 Å². The molecule has 0 bridgehead atoms. The van der Waals surface area contributed by atoms with E-state index in [1.165, 1.54) is 21.3 Å². The van der Waals surface area contributed by atoms with Crippen molar-refractivity contribution in [2.75, 3.05) is 13.6 Å². The largest absolute Gasteiger partial charge is 0.344 e. The van der Waals surface area contributed by atoms with Crippen LogP contribution in [0.3, 0.4) is 0 Å². The molecule has 2 aromatic heterocycles. The van der Waals surface area contributed by atoms with Gasteiger partial charge < -0.3 is 4.90 Å². The zero-order valence-corrected chi connectivity index (χ0v) is 13.9. The number of amides is 1. The summed E-state index contributed by atoms with van der Waals surface area (Å²) in [6.07, 6.45) is 6.67. The fraction of sp³-hybridized carbons (Fsp3) is 0.562.